The highest BCUT2D eigenvalue weighted by Gasteiger charge is 2.29. The highest BCUT2D eigenvalue weighted by Crippen LogP contribution is 2.30. The number of hydrogen-bond acceptors (Lipinski definition) is 2. The van der Waals surface area contributed by atoms with Gasteiger partial charge in [0, 0.05) is 22.1 Å². The van der Waals surface area contributed by atoms with Crippen molar-refractivity contribution < 1.29 is 0 Å². The van der Waals surface area contributed by atoms with Crippen LogP contribution >= 0.6 is 27.5 Å². The first kappa shape index (κ1) is 15.3. The smallest absolute Gasteiger partial charge is 0.0464 e. The Bertz CT molecular complexity index is 448. The lowest BCUT2D eigenvalue weighted by molar-refractivity contribution is 0.281. The number of rotatable bonds is 4. The second-order valence-corrected chi connectivity index (χ2v) is 7.57. The molecule has 1 aromatic rings. The van der Waals surface area contributed by atoms with Crippen molar-refractivity contribution in [3.8, 4) is 0 Å². The minimum Gasteiger partial charge on any atom is -0.324 e. The van der Waals surface area contributed by atoms with Crippen molar-refractivity contribution in [2.45, 2.75) is 32.7 Å². The topological polar surface area (TPSA) is 29.3 Å². The predicted octanol–water partition coefficient (Wildman–Crippen LogP) is 4.22. The van der Waals surface area contributed by atoms with E-state index in [1.807, 2.05) is 18.2 Å². The monoisotopic (exact) mass is 344 g/mol. The molecule has 1 unspecified atom stereocenters. The average Bonchev–Trinajstić information content (AvgIpc) is 2.66. The molecule has 4 heteroatoms. The van der Waals surface area contributed by atoms with Gasteiger partial charge >= 0.3 is 0 Å². The third-order valence-electron chi connectivity index (χ3n) is 3.87. The fourth-order valence-electron chi connectivity index (χ4n) is 2.69. The summed E-state index contributed by atoms with van der Waals surface area (Å²) >= 11 is 9.66. The standard InChI is InChI=1S/C15H22BrClN2/c1-15(2)6-8-19(10-15)7-5-14(18)12-4-3-11(16)9-13(12)17/h3-4,9,14H,5-8,10,18H2,1-2H3. The minimum absolute atomic E-state index is 0.0179. The number of hydrogen-bond donors (Lipinski definition) is 1. The SMILES string of the molecule is CC1(C)CCN(CCC(N)c2ccc(Br)cc2Cl)C1. The molecule has 2 rings (SSSR count). The molecule has 2 nitrogen and oxygen atoms in total. The van der Waals surface area contributed by atoms with E-state index in [4.69, 9.17) is 17.3 Å². The van der Waals surface area contributed by atoms with E-state index in [0.29, 0.717) is 5.41 Å². The number of likely N-dealkylation sites (tertiary alicyclic amines) is 1. The average molecular weight is 346 g/mol. The molecular formula is C15H22BrClN2. The van der Waals surface area contributed by atoms with E-state index in [0.717, 1.165) is 28.0 Å². The molecule has 0 bridgehead atoms. The Kier molecular flexibility index (Phi) is 4.93. The summed E-state index contributed by atoms with van der Waals surface area (Å²) in [5, 5.41) is 0.753. The van der Waals surface area contributed by atoms with Crippen molar-refractivity contribution >= 4 is 27.5 Å². The fourth-order valence-corrected chi connectivity index (χ4v) is 3.51. The maximum absolute atomic E-state index is 6.27. The summed E-state index contributed by atoms with van der Waals surface area (Å²) in [7, 11) is 0. The molecule has 0 aliphatic carbocycles. The van der Waals surface area contributed by atoms with Crippen LogP contribution in [0, 0.1) is 5.41 Å². The molecular weight excluding hydrogens is 324 g/mol. The summed E-state index contributed by atoms with van der Waals surface area (Å²) in [5.41, 5.74) is 7.77. The zero-order chi connectivity index (χ0) is 14.0. The van der Waals surface area contributed by atoms with E-state index < -0.39 is 0 Å². The summed E-state index contributed by atoms with van der Waals surface area (Å²) in [6.07, 6.45) is 2.23. The van der Waals surface area contributed by atoms with E-state index in [2.05, 4.69) is 34.7 Å². The first-order valence-electron chi connectivity index (χ1n) is 6.80. The van der Waals surface area contributed by atoms with Crippen LogP contribution in [0.15, 0.2) is 22.7 Å². The molecule has 19 heavy (non-hydrogen) atoms. The van der Waals surface area contributed by atoms with Crippen molar-refractivity contribution in [1.82, 2.24) is 4.90 Å². The summed E-state index contributed by atoms with van der Waals surface area (Å²) in [4.78, 5) is 2.51. The van der Waals surface area contributed by atoms with Gasteiger partial charge < -0.3 is 10.6 Å². The Morgan fingerprint density at radius 1 is 1.47 bits per heavy atom. The maximum Gasteiger partial charge on any atom is 0.0464 e. The maximum atomic E-state index is 6.27. The normalized spacial score (nSPS) is 20.7. The van der Waals surface area contributed by atoms with E-state index >= 15 is 0 Å². The summed E-state index contributed by atoms with van der Waals surface area (Å²) in [6.45, 7) is 8.08. The van der Waals surface area contributed by atoms with Crippen LogP contribution in [0.2, 0.25) is 5.02 Å². The number of nitrogens with zero attached hydrogens (tertiary/aromatic N) is 1. The molecule has 2 N–H and O–H groups in total. The van der Waals surface area contributed by atoms with Gasteiger partial charge in [-0.05, 0) is 49.0 Å². The van der Waals surface area contributed by atoms with E-state index in [-0.39, 0.29) is 6.04 Å². The largest absolute Gasteiger partial charge is 0.324 e. The lowest BCUT2D eigenvalue weighted by Crippen LogP contribution is -2.27. The minimum atomic E-state index is 0.0179. The van der Waals surface area contributed by atoms with Crippen LogP contribution in [0.4, 0.5) is 0 Å². The van der Waals surface area contributed by atoms with Gasteiger partial charge in [-0.2, -0.15) is 0 Å². The number of benzene rings is 1. The molecule has 0 spiro atoms. The van der Waals surface area contributed by atoms with Gasteiger partial charge in [0.25, 0.3) is 0 Å². The lowest BCUT2D eigenvalue weighted by atomic mass is 9.93. The van der Waals surface area contributed by atoms with Gasteiger partial charge in [0.1, 0.15) is 0 Å². The van der Waals surface area contributed by atoms with Crippen LogP contribution in [-0.4, -0.2) is 24.5 Å². The van der Waals surface area contributed by atoms with Crippen LogP contribution in [0.1, 0.15) is 38.3 Å². The fraction of sp³-hybridized carbons (Fsp3) is 0.600. The Labute approximate surface area is 129 Å². The van der Waals surface area contributed by atoms with Crippen molar-refractivity contribution in [1.29, 1.82) is 0 Å². The molecule has 106 valence electrons. The van der Waals surface area contributed by atoms with Crippen molar-refractivity contribution in [2.24, 2.45) is 11.1 Å². The molecule has 0 saturated carbocycles. The molecule has 1 heterocycles. The lowest BCUT2D eigenvalue weighted by Gasteiger charge is -2.21. The summed E-state index contributed by atoms with van der Waals surface area (Å²) < 4.78 is 0.995. The van der Waals surface area contributed by atoms with Crippen molar-refractivity contribution in [3.63, 3.8) is 0 Å². The first-order valence-corrected chi connectivity index (χ1v) is 7.97. The number of nitrogens with two attached hydrogens (primary N) is 1. The molecule has 1 aliphatic rings. The first-order chi connectivity index (χ1) is 8.87. The summed E-state index contributed by atoms with van der Waals surface area (Å²) in [5.74, 6) is 0. The van der Waals surface area contributed by atoms with Crippen LogP contribution in [0.25, 0.3) is 0 Å². The molecule has 1 atom stereocenters. The predicted molar refractivity (Wildman–Crippen MR) is 85.5 cm³/mol. The molecule has 1 fully saturated rings. The van der Waals surface area contributed by atoms with Gasteiger partial charge in [-0.3, -0.25) is 0 Å². The second-order valence-electron chi connectivity index (χ2n) is 6.25. The van der Waals surface area contributed by atoms with Crippen LogP contribution in [0.3, 0.4) is 0 Å². The van der Waals surface area contributed by atoms with Crippen LogP contribution in [-0.2, 0) is 0 Å². The Morgan fingerprint density at radius 2 is 2.21 bits per heavy atom. The highest BCUT2D eigenvalue weighted by atomic mass is 79.9. The van der Waals surface area contributed by atoms with Crippen LogP contribution < -0.4 is 5.73 Å². The van der Waals surface area contributed by atoms with Gasteiger partial charge in [-0.25, -0.2) is 0 Å². The third-order valence-corrected chi connectivity index (χ3v) is 4.70. The zero-order valence-corrected chi connectivity index (χ0v) is 14.0. The van der Waals surface area contributed by atoms with E-state index in [9.17, 15) is 0 Å². The van der Waals surface area contributed by atoms with Gasteiger partial charge in [0.05, 0.1) is 0 Å². The highest BCUT2D eigenvalue weighted by molar-refractivity contribution is 9.10. The molecule has 0 amide bonds. The van der Waals surface area contributed by atoms with Gasteiger partial charge in [0.15, 0.2) is 0 Å². The van der Waals surface area contributed by atoms with Crippen molar-refractivity contribution in [3.05, 3.63) is 33.3 Å². The van der Waals surface area contributed by atoms with E-state index in [1.165, 1.54) is 19.5 Å². The van der Waals surface area contributed by atoms with Crippen LogP contribution in [0.5, 0.6) is 0 Å². The Hall–Kier alpha value is -0.0900. The van der Waals surface area contributed by atoms with Gasteiger partial charge in [-0.1, -0.05) is 47.4 Å². The molecule has 0 radical (unpaired) electrons. The van der Waals surface area contributed by atoms with Gasteiger partial charge in [-0.15, -0.1) is 0 Å². The zero-order valence-electron chi connectivity index (χ0n) is 11.6. The van der Waals surface area contributed by atoms with Gasteiger partial charge in [0.2, 0.25) is 0 Å². The summed E-state index contributed by atoms with van der Waals surface area (Å²) in [6, 6.07) is 5.95. The molecule has 1 saturated heterocycles. The molecule has 0 aromatic heterocycles. The van der Waals surface area contributed by atoms with E-state index in [1.54, 1.807) is 0 Å². The quantitative estimate of drug-likeness (QED) is 0.885. The molecule has 1 aromatic carbocycles. The third kappa shape index (κ3) is 4.19. The Morgan fingerprint density at radius 3 is 2.79 bits per heavy atom. The number of halogens is 2. The van der Waals surface area contributed by atoms with Crippen molar-refractivity contribution in [2.75, 3.05) is 19.6 Å². The second kappa shape index (κ2) is 6.13. The molecule has 1 aliphatic heterocycles. The Balaban J connectivity index is 1.89.